The molecule has 1 aliphatic rings. The predicted molar refractivity (Wildman–Crippen MR) is 135 cm³/mol. The normalized spacial score (nSPS) is 15.0. The summed E-state index contributed by atoms with van der Waals surface area (Å²) in [5.41, 5.74) is 3.60. The Kier molecular flexibility index (Phi) is 11.3. The standard InChI is InChI=1S/C23H35N5O2.HI/c1-4-20(5-2)22-14-21(30-27-22)16-26-23(24-3)25-15-18-6-8-19(9-7-18)17-28-10-12-29-13-11-28;/h6-9,14,20H,4-5,10-13,15-17H2,1-3H3,(H2,24,25,26);1H. The van der Waals surface area contributed by atoms with Gasteiger partial charge in [0.2, 0.25) is 0 Å². The number of morpholine rings is 1. The van der Waals surface area contributed by atoms with Gasteiger partial charge in [0.05, 0.1) is 25.5 Å². The Morgan fingerprint density at radius 1 is 1.06 bits per heavy atom. The highest BCUT2D eigenvalue weighted by atomic mass is 127. The van der Waals surface area contributed by atoms with Crippen LogP contribution in [0.4, 0.5) is 0 Å². The number of rotatable bonds is 9. The average molecular weight is 541 g/mol. The summed E-state index contributed by atoms with van der Waals surface area (Å²) in [5, 5.41) is 10.9. The van der Waals surface area contributed by atoms with Crippen LogP contribution in [0.15, 0.2) is 39.8 Å². The highest BCUT2D eigenvalue weighted by Crippen LogP contribution is 2.22. The molecule has 172 valence electrons. The van der Waals surface area contributed by atoms with Crippen molar-refractivity contribution in [2.75, 3.05) is 33.4 Å². The molecule has 31 heavy (non-hydrogen) atoms. The number of hydrogen-bond donors (Lipinski definition) is 2. The van der Waals surface area contributed by atoms with Gasteiger partial charge in [-0.2, -0.15) is 0 Å². The molecule has 7 nitrogen and oxygen atoms in total. The van der Waals surface area contributed by atoms with E-state index in [1.165, 1.54) is 11.1 Å². The van der Waals surface area contributed by atoms with E-state index < -0.39 is 0 Å². The van der Waals surface area contributed by atoms with E-state index in [4.69, 9.17) is 9.26 Å². The van der Waals surface area contributed by atoms with Crippen molar-refractivity contribution in [1.82, 2.24) is 20.7 Å². The van der Waals surface area contributed by atoms with E-state index >= 15 is 0 Å². The van der Waals surface area contributed by atoms with Crippen LogP contribution in [-0.4, -0.2) is 49.4 Å². The van der Waals surface area contributed by atoms with E-state index in [2.05, 4.69) is 63.8 Å². The van der Waals surface area contributed by atoms with Crippen LogP contribution in [0.3, 0.4) is 0 Å². The second-order valence-corrected chi connectivity index (χ2v) is 7.72. The maximum atomic E-state index is 5.48. The van der Waals surface area contributed by atoms with Crippen molar-refractivity contribution < 1.29 is 9.26 Å². The molecule has 1 aliphatic heterocycles. The summed E-state index contributed by atoms with van der Waals surface area (Å²) in [6.07, 6.45) is 2.15. The van der Waals surface area contributed by atoms with E-state index in [9.17, 15) is 0 Å². The Hall–Kier alpha value is -1.65. The molecular weight excluding hydrogens is 505 g/mol. The minimum Gasteiger partial charge on any atom is -0.379 e. The molecule has 8 heteroatoms. The van der Waals surface area contributed by atoms with Gasteiger partial charge in [0.25, 0.3) is 0 Å². The summed E-state index contributed by atoms with van der Waals surface area (Å²) in [5.74, 6) is 2.03. The number of hydrogen-bond acceptors (Lipinski definition) is 5. The molecule has 0 unspecified atom stereocenters. The van der Waals surface area contributed by atoms with Crippen molar-refractivity contribution in [1.29, 1.82) is 0 Å². The third-order valence-electron chi connectivity index (χ3n) is 5.63. The molecule has 3 rings (SSSR count). The number of aliphatic imine (C=N–C) groups is 1. The number of ether oxygens (including phenoxy) is 1. The van der Waals surface area contributed by atoms with Crippen molar-refractivity contribution in [2.45, 2.75) is 52.2 Å². The van der Waals surface area contributed by atoms with Gasteiger partial charge in [0.1, 0.15) is 0 Å². The number of nitrogens with zero attached hydrogens (tertiary/aromatic N) is 3. The number of benzene rings is 1. The van der Waals surface area contributed by atoms with Gasteiger partial charge in [-0.3, -0.25) is 9.89 Å². The Morgan fingerprint density at radius 2 is 1.71 bits per heavy atom. The van der Waals surface area contributed by atoms with Crippen molar-refractivity contribution in [3.63, 3.8) is 0 Å². The molecule has 0 spiro atoms. The number of aromatic nitrogens is 1. The van der Waals surface area contributed by atoms with E-state index in [-0.39, 0.29) is 24.0 Å². The lowest BCUT2D eigenvalue weighted by Crippen LogP contribution is -2.36. The Bertz CT molecular complexity index is 784. The topological polar surface area (TPSA) is 74.9 Å². The van der Waals surface area contributed by atoms with Gasteiger partial charge in [0, 0.05) is 45.2 Å². The summed E-state index contributed by atoms with van der Waals surface area (Å²) in [4.78, 5) is 6.73. The van der Waals surface area contributed by atoms with Gasteiger partial charge in [0.15, 0.2) is 11.7 Å². The molecule has 0 radical (unpaired) electrons. The SMILES string of the molecule is CCC(CC)c1cc(CNC(=NC)NCc2ccc(CN3CCOCC3)cc2)on1.I. The molecule has 2 aromatic rings. The zero-order valence-electron chi connectivity index (χ0n) is 18.9. The maximum Gasteiger partial charge on any atom is 0.191 e. The molecule has 1 aromatic heterocycles. The van der Waals surface area contributed by atoms with Crippen molar-refractivity contribution in [2.24, 2.45) is 4.99 Å². The summed E-state index contributed by atoms with van der Waals surface area (Å²) < 4.78 is 10.9. The van der Waals surface area contributed by atoms with Crippen LogP contribution in [0.2, 0.25) is 0 Å². The lowest BCUT2D eigenvalue weighted by atomic mass is 9.99. The summed E-state index contributed by atoms with van der Waals surface area (Å²) in [6.45, 7) is 10.3. The molecule has 1 aromatic carbocycles. The van der Waals surface area contributed by atoms with Crippen LogP contribution >= 0.6 is 24.0 Å². The summed E-state index contributed by atoms with van der Waals surface area (Å²) in [6, 6.07) is 10.8. The van der Waals surface area contributed by atoms with Crippen molar-refractivity contribution in [3.05, 3.63) is 52.9 Å². The summed E-state index contributed by atoms with van der Waals surface area (Å²) >= 11 is 0. The Labute approximate surface area is 203 Å². The lowest BCUT2D eigenvalue weighted by Gasteiger charge is -2.26. The van der Waals surface area contributed by atoms with Crippen molar-refractivity contribution in [3.8, 4) is 0 Å². The van der Waals surface area contributed by atoms with E-state index in [1.807, 2.05) is 6.07 Å². The summed E-state index contributed by atoms with van der Waals surface area (Å²) in [7, 11) is 1.77. The molecule has 0 bridgehead atoms. The van der Waals surface area contributed by atoms with Crippen LogP contribution in [0.25, 0.3) is 0 Å². The smallest absolute Gasteiger partial charge is 0.191 e. The van der Waals surface area contributed by atoms with Crippen LogP contribution in [0.1, 0.15) is 55.2 Å². The molecule has 0 saturated carbocycles. The van der Waals surface area contributed by atoms with Crippen molar-refractivity contribution >= 4 is 29.9 Å². The Balaban J connectivity index is 0.00000341. The maximum absolute atomic E-state index is 5.48. The predicted octanol–water partition coefficient (Wildman–Crippen LogP) is 3.89. The second kappa shape index (κ2) is 13.7. The molecule has 1 saturated heterocycles. The molecule has 0 atom stereocenters. The fraction of sp³-hybridized carbons (Fsp3) is 0.565. The molecule has 0 amide bonds. The van der Waals surface area contributed by atoms with Crippen LogP contribution in [-0.2, 0) is 24.4 Å². The first kappa shape index (κ1) is 25.6. The lowest BCUT2D eigenvalue weighted by molar-refractivity contribution is 0.0342. The minimum absolute atomic E-state index is 0. The first-order valence-corrected chi connectivity index (χ1v) is 11.0. The van der Waals surface area contributed by atoms with Gasteiger partial charge < -0.3 is 19.9 Å². The largest absolute Gasteiger partial charge is 0.379 e. The third-order valence-corrected chi connectivity index (χ3v) is 5.63. The average Bonchev–Trinajstić information content (AvgIpc) is 3.25. The van der Waals surface area contributed by atoms with E-state index in [0.717, 1.165) is 63.1 Å². The minimum atomic E-state index is 0. The van der Waals surface area contributed by atoms with Crippen LogP contribution in [0.5, 0.6) is 0 Å². The quantitative estimate of drug-likeness (QED) is 0.285. The van der Waals surface area contributed by atoms with Gasteiger partial charge >= 0.3 is 0 Å². The number of nitrogens with one attached hydrogen (secondary N) is 2. The second-order valence-electron chi connectivity index (χ2n) is 7.72. The Morgan fingerprint density at radius 3 is 2.35 bits per heavy atom. The molecular formula is C23H36IN5O2. The fourth-order valence-electron chi connectivity index (χ4n) is 3.67. The van der Waals surface area contributed by atoms with Crippen LogP contribution in [0, 0.1) is 0 Å². The highest BCUT2D eigenvalue weighted by molar-refractivity contribution is 14.0. The molecule has 2 heterocycles. The fourth-order valence-corrected chi connectivity index (χ4v) is 3.67. The number of halogens is 1. The zero-order valence-corrected chi connectivity index (χ0v) is 21.2. The van der Waals surface area contributed by atoms with E-state index in [1.54, 1.807) is 7.05 Å². The molecule has 1 fully saturated rings. The third kappa shape index (κ3) is 8.08. The first-order chi connectivity index (χ1) is 14.7. The highest BCUT2D eigenvalue weighted by Gasteiger charge is 2.13. The molecule has 0 aliphatic carbocycles. The van der Waals surface area contributed by atoms with E-state index in [0.29, 0.717) is 19.0 Å². The van der Waals surface area contributed by atoms with Gasteiger partial charge in [-0.05, 0) is 24.0 Å². The molecule has 2 N–H and O–H groups in total. The van der Waals surface area contributed by atoms with Crippen LogP contribution < -0.4 is 10.6 Å². The first-order valence-electron chi connectivity index (χ1n) is 11.0. The van der Waals surface area contributed by atoms with Gasteiger partial charge in [-0.25, -0.2) is 0 Å². The monoisotopic (exact) mass is 541 g/mol. The zero-order chi connectivity index (χ0) is 21.2. The van der Waals surface area contributed by atoms with Gasteiger partial charge in [-0.1, -0.05) is 43.3 Å². The number of guanidine groups is 1. The van der Waals surface area contributed by atoms with Gasteiger partial charge in [-0.15, -0.1) is 24.0 Å².